The first-order valence-electron chi connectivity index (χ1n) is 6.61. The van der Waals surface area contributed by atoms with Crippen LogP contribution in [-0.4, -0.2) is 42.1 Å². The average Bonchev–Trinajstić information content (AvgIpc) is 3.22. The van der Waals surface area contributed by atoms with Crippen LogP contribution in [0.4, 0.5) is 0 Å². The topological polar surface area (TPSA) is 61.7 Å². The van der Waals surface area contributed by atoms with Crippen molar-refractivity contribution in [2.75, 3.05) is 19.7 Å². The molecule has 1 aliphatic carbocycles. The number of aliphatic hydroxyl groups is 2. The summed E-state index contributed by atoms with van der Waals surface area (Å²) in [5.74, 6) is 1.02. The second-order valence-electron chi connectivity index (χ2n) is 4.96. The van der Waals surface area contributed by atoms with Crippen LogP contribution >= 0.6 is 11.6 Å². The number of para-hydroxylation sites is 1. The number of halogens is 1. The molecule has 0 bridgehead atoms. The maximum atomic E-state index is 9.76. The molecule has 0 aliphatic heterocycles. The molecule has 0 aromatic heterocycles. The van der Waals surface area contributed by atoms with Crippen LogP contribution in [0.5, 0.6) is 5.75 Å². The molecule has 1 saturated carbocycles. The molecule has 4 nitrogen and oxygen atoms in total. The Balaban J connectivity index is 1.61. The zero-order chi connectivity index (χ0) is 13.7. The van der Waals surface area contributed by atoms with E-state index in [-0.39, 0.29) is 12.7 Å². The zero-order valence-corrected chi connectivity index (χ0v) is 11.5. The molecule has 19 heavy (non-hydrogen) atoms. The van der Waals surface area contributed by atoms with Crippen LogP contribution in [0.2, 0.25) is 5.02 Å². The molecule has 1 fully saturated rings. The standard InChI is InChI=1S/C14H20ClNO3/c15-12-3-1-2-4-14(12)19-9-11(17)7-16-8-13(18)10-5-6-10/h1-4,10-11,13,16-18H,5-9H2. The lowest BCUT2D eigenvalue weighted by Crippen LogP contribution is -2.36. The maximum absolute atomic E-state index is 9.76. The monoisotopic (exact) mass is 285 g/mol. The highest BCUT2D eigenvalue weighted by atomic mass is 35.5. The van der Waals surface area contributed by atoms with Crippen molar-refractivity contribution in [1.82, 2.24) is 5.32 Å². The summed E-state index contributed by atoms with van der Waals surface area (Å²) in [5.41, 5.74) is 0. The smallest absolute Gasteiger partial charge is 0.138 e. The predicted octanol–water partition coefficient (Wildman–Crippen LogP) is 1.44. The van der Waals surface area contributed by atoms with E-state index < -0.39 is 6.10 Å². The zero-order valence-electron chi connectivity index (χ0n) is 10.8. The van der Waals surface area contributed by atoms with Gasteiger partial charge in [0, 0.05) is 13.1 Å². The van der Waals surface area contributed by atoms with Gasteiger partial charge in [0.15, 0.2) is 0 Å². The fraction of sp³-hybridized carbons (Fsp3) is 0.571. The van der Waals surface area contributed by atoms with Gasteiger partial charge in [0.25, 0.3) is 0 Å². The second-order valence-corrected chi connectivity index (χ2v) is 5.37. The van der Waals surface area contributed by atoms with Gasteiger partial charge in [0.2, 0.25) is 0 Å². The molecule has 2 atom stereocenters. The number of rotatable bonds is 8. The minimum atomic E-state index is -0.623. The van der Waals surface area contributed by atoms with Gasteiger partial charge in [-0.25, -0.2) is 0 Å². The van der Waals surface area contributed by atoms with Crippen LogP contribution in [0.15, 0.2) is 24.3 Å². The number of ether oxygens (including phenoxy) is 1. The highest BCUT2D eigenvalue weighted by molar-refractivity contribution is 6.32. The Hall–Kier alpha value is -0.810. The van der Waals surface area contributed by atoms with Gasteiger partial charge in [-0.15, -0.1) is 0 Å². The maximum Gasteiger partial charge on any atom is 0.138 e. The van der Waals surface area contributed by atoms with E-state index in [0.717, 1.165) is 12.8 Å². The van der Waals surface area contributed by atoms with Crippen LogP contribution in [0, 0.1) is 5.92 Å². The van der Waals surface area contributed by atoms with Crippen LogP contribution in [-0.2, 0) is 0 Å². The van der Waals surface area contributed by atoms with Gasteiger partial charge < -0.3 is 20.3 Å². The highest BCUT2D eigenvalue weighted by Crippen LogP contribution is 2.32. The summed E-state index contributed by atoms with van der Waals surface area (Å²) in [6, 6.07) is 7.16. The van der Waals surface area contributed by atoms with Crippen LogP contribution in [0.1, 0.15) is 12.8 Å². The van der Waals surface area contributed by atoms with Crippen molar-refractivity contribution in [3.63, 3.8) is 0 Å². The van der Waals surface area contributed by atoms with Crippen LogP contribution < -0.4 is 10.1 Å². The second kappa shape index (κ2) is 7.10. The number of hydrogen-bond acceptors (Lipinski definition) is 4. The summed E-state index contributed by atoms with van der Waals surface area (Å²) in [7, 11) is 0. The SMILES string of the molecule is OC(CNCC(O)C1CC1)COc1ccccc1Cl. The molecule has 1 aliphatic rings. The molecule has 3 N–H and O–H groups in total. The van der Waals surface area contributed by atoms with Crippen molar-refractivity contribution in [2.45, 2.75) is 25.0 Å². The summed E-state index contributed by atoms with van der Waals surface area (Å²) in [4.78, 5) is 0. The van der Waals surface area contributed by atoms with E-state index in [1.54, 1.807) is 12.1 Å². The van der Waals surface area contributed by atoms with Crippen LogP contribution in [0.25, 0.3) is 0 Å². The van der Waals surface area contributed by atoms with Crippen molar-refractivity contribution in [2.24, 2.45) is 5.92 Å². The lowest BCUT2D eigenvalue weighted by atomic mass is 10.2. The predicted molar refractivity (Wildman–Crippen MR) is 74.6 cm³/mol. The largest absolute Gasteiger partial charge is 0.489 e. The van der Waals surface area contributed by atoms with E-state index >= 15 is 0 Å². The van der Waals surface area contributed by atoms with Crippen molar-refractivity contribution in [3.05, 3.63) is 29.3 Å². The Labute approximate surface area is 118 Å². The van der Waals surface area contributed by atoms with E-state index in [4.69, 9.17) is 16.3 Å². The summed E-state index contributed by atoms with van der Waals surface area (Å²) in [6.45, 7) is 1.10. The summed E-state index contributed by atoms with van der Waals surface area (Å²) in [5, 5.41) is 23.0. The molecule has 1 aromatic carbocycles. The first-order valence-corrected chi connectivity index (χ1v) is 6.99. The molecule has 0 amide bonds. The third-order valence-electron chi connectivity index (χ3n) is 3.17. The van der Waals surface area contributed by atoms with Crippen molar-refractivity contribution in [1.29, 1.82) is 0 Å². The first-order chi connectivity index (χ1) is 9.16. The van der Waals surface area contributed by atoms with E-state index in [1.807, 2.05) is 12.1 Å². The lowest BCUT2D eigenvalue weighted by Gasteiger charge is -2.15. The van der Waals surface area contributed by atoms with E-state index in [0.29, 0.717) is 29.8 Å². The molecule has 0 radical (unpaired) electrons. The molecular weight excluding hydrogens is 266 g/mol. The highest BCUT2D eigenvalue weighted by Gasteiger charge is 2.29. The van der Waals surface area contributed by atoms with E-state index in [1.165, 1.54) is 0 Å². The number of nitrogens with one attached hydrogen (secondary N) is 1. The minimum Gasteiger partial charge on any atom is -0.489 e. The Morgan fingerprint density at radius 2 is 2.00 bits per heavy atom. The normalized spacial score (nSPS) is 18.1. The van der Waals surface area contributed by atoms with E-state index in [2.05, 4.69) is 5.32 Å². The third-order valence-corrected chi connectivity index (χ3v) is 3.48. The van der Waals surface area contributed by atoms with Gasteiger partial charge in [0.1, 0.15) is 18.5 Å². The van der Waals surface area contributed by atoms with Gasteiger partial charge in [-0.2, -0.15) is 0 Å². The third kappa shape index (κ3) is 4.99. The molecule has 0 saturated heterocycles. The number of benzene rings is 1. The lowest BCUT2D eigenvalue weighted by molar-refractivity contribution is 0.0967. The molecule has 1 aromatic rings. The van der Waals surface area contributed by atoms with E-state index in [9.17, 15) is 10.2 Å². The Morgan fingerprint density at radius 1 is 1.26 bits per heavy atom. The average molecular weight is 286 g/mol. The Morgan fingerprint density at radius 3 is 2.68 bits per heavy atom. The summed E-state index contributed by atoms with van der Waals surface area (Å²) in [6.07, 6.45) is 1.31. The molecule has 0 spiro atoms. The molecule has 106 valence electrons. The summed E-state index contributed by atoms with van der Waals surface area (Å²) < 4.78 is 5.43. The van der Waals surface area contributed by atoms with Gasteiger partial charge in [-0.05, 0) is 30.9 Å². The molecule has 2 unspecified atom stereocenters. The number of aliphatic hydroxyl groups excluding tert-OH is 2. The fourth-order valence-electron chi connectivity index (χ4n) is 1.85. The number of hydrogen-bond donors (Lipinski definition) is 3. The van der Waals surface area contributed by atoms with Gasteiger partial charge in [-0.3, -0.25) is 0 Å². The molecule has 2 rings (SSSR count). The van der Waals surface area contributed by atoms with Crippen molar-refractivity contribution >= 4 is 11.6 Å². The van der Waals surface area contributed by atoms with Crippen molar-refractivity contribution < 1.29 is 14.9 Å². The van der Waals surface area contributed by atoms with Crippen LogP contribution in [0.3, 0.4) is 0 Å². The quantitative estimate of drug-likeness (QED) is 0.676. The molecule has 5 heteroatoms. The fourth-order valence-corrected chi connectivity index (χ4v) is 2.04. The molecular formula is C14H20ClNO3. The molecule has 0 heterocycles. The minimum absolute atomic E-state index is 0.177. The van der Waals surface area contributed by atoms with Gasteiger partial charge >= 0.3 is 0 Å². The van der Waals surface area contributed by atoms with Crippen molar-refractivity contribution in [3.8, 4) is 5.75 Å². The Kier molecular flexibility index (Phi) is 5.45. The van der Waals surface area contributed by atoms with Gasteiger partial charge in [-0.1, -0.05) is 23.7 Å². The van der Waals surface area contributed by atoms with Gasteiger partial charge in [0.05, 0.1) is 11.1 Å². The first kappa shape index (κ1) is 14.6. The Bertz CT molecular complexity index is 398. The summed E-state index contributed by atoms with van der Waals surface area (Å²) >= 11 is 5.94.